The lowest BCUT2D eigenvalue weighted by Crippen LogP contribution is -2.19. The van der Waals surface area contributed by atoms with Crippen molar-refractivity contribution in [2.45, 2.75) is 13.0 Å². The summed E-state index contributed by atoms with van der Waals surface area (Å²) in [5.41, 5.74) is 3.05. The van der Waals surface area contributed by atoms with E-state index in [1.54, 1.807) is 7.05 Å². The first-order valence-electron chi connectivity index (χ1n) is 7.60. The van der Waals surface area contributed by atoms with Gasteiger partial charge in [-0.2, -0.15) is 0 Å². The molecule has 0 aliphatic carbocycles. The molecule has 0 radical (unpaired) electrons. The van der Waals surface area contributed by atoms with E-state index in [-0.39, 0.29) is 5.91 Å². The van der Waals surface area contributed by atoms with Gasteiger partial charge >= 0.3 is 0 Å². The Labute approximate surface area is 135 Å². The second kappa shape index (κ2) is 7.01. The van der Waals surface area contributed by atoms with Crippen molar-refractivity contribution >= 4 is 11.5 Å². The van der Waals surface area contributed by atoms with Crippen molar-refractivity contribution in [3.8, 4) is 11.5 Å². The van der Waals surface area contributed by atoms with Crippen molar-refractivity contribution < 1.29 is 14.3 Å². The first kappa shape index (κ1) is 15.2. The monoisotopic (exact) mass is 309 g/mol. The molecule has 0 spiro atoms. The highest BCUT2D eigenvalue weighted by Gasteiger charge is 2.16. The van der Waals surface area contributed by atoms with Gasteiger partial charge in [-0.1, -0.05) is 30.3 Å². The number of ether oxygens (including phenoxy) is 2. The molecule has 1 N–H and O–H groups in total. The molecule has 118 valence electrons. The van der Waals surface area contributed by atoms with Gasteiger partial charge in [0.1, 0.15) is 24.7 Å². The molecule has 0 saturated carbocycles. The zero-order valence-corrected chi connectivity index (χ0v) is 13.0. The van der Waals surface area contributed by atoms with E-state index >= 15 is 0 Å². The van der Waals surface area contributed by atoms with E-state index in [1.165, 1.54) is 0 Å². The van der Waals surface area contributed by atoms with E-state index in [2.05, 4.69) is 5.32 Å². The number of amides is 1. The molecular formula is C19H19NO3. The van der Waals surface area contributed by atoms with Crippen molar-refractivity contribution in [2.75, 3.05) is 13.7 Å². The maximum absolute atomic E-state index is 11.6. The average Bonchev–Trinajstić information content (AvgIpc) is 2.60. The summed E-state index contributed by atoms with van der Waals surface area (Å²) >= 11 is 0. The standard InChI is InChI=1S/C19H19NO3/c1-20-19(21)11-15-9-10-22-18-12-16(7-8-17(15)18)23-13-14-5-3-2-4-6-14/h2-9,12H,10-11,13H2,1H3,(H,20,21). The Hall–Kier alpha value is -2.75. The molecule has 2 aromatic carbocycles. The minimum Gasteiger partial charge on any atom is -0.489 e. The zero-order valence-electron chi connectivity index (χ0n) is 13.0. The molecule has 0 unspecified atom stereocenters. The summed E-state index contributed by atoms with van der Waals surface area (Å²) in [6.07, 6.45) is 2.30. The number of fused-ring (bicyclic) bond motifs is 1. The van der Waals surface area contributed by atoms with Crippen LogP contribution in [0.4, 0.5) is 0 Å². The molecule has 23 heavy (non-hydrogen) atoms. The van der Waals surface area contributed by atoms with Gasteiger partial charge < -0.3 is 14.8 Å². The fourth-order valence-corrected chi connectivity index (χ4v) is 2.49. The lowest BCUT2D eigenvalue weighted by molar-refractivity contribution is -0.119. The number of rotatable bonds is 5. The van der Waals surface area contributed by atoms with Crippen LogP contribution in [0.2, 0.25) is 0 Å². The first-order valence-corrected chi connectivity index (χ1v) is 7.60. The minimum absolute atomic E-state index is 0.00601. The molecule has 0 aromatic heterocycles. The molecule has 0 fully saturated rings. The third-order valence-corrected chi connectivity index (χ3v) is 3.75. The van der Waals surface area contributed by atoms with E-state index < -0.39 is 0 Å². The Morgan fingerprint density at radius 2 is 2.04 bits per heavy atom. The summed E-state index contributed by atoms with van der Waals surface area (Å²) in [6.45, 7) is 0.988. The Balaban J connectivity index is 1.72. The van der Waals surface area contributed by atoms with Gasteiger partial charge in [0.25, 0.3) is 0 Å². The normalized spacial score (nSPS) is 12.7. The SMILES string of the molecule is CNC(=O)CC1=CCOc2cc(OCc3ccccc3)ccc21. The molecule has 0 bridgehead atoms. The van der Waals surface area contributed by atoms with Crippen LogP contribution in [0.25, 0.3) is 5.57 Å². The van der Waals surface area contributed by atoms with Gasteiger partial charge in [-0.3, -0.25) is 4.79 Å². The summed E-state index contributed by atoms with van der Waals surface area (Å²) in [5, 5.41) is 2.65. The summed E-state index contributed by atoms with van der Waals surface area (Å²) in [7, 11) is 1.64. The van der Waals surface area contributed by atoms with Crippen LogP contribution in [0.15, 0.2) is 54.6 Å². The Morgan fingerprint density at radius 1 is 1.22 bits per heavy atom. The molecule has 3 rings (SSSR count). The highest BCUT2D eigenvalue weighted by molar-refractivity contribution is 5.90. The predicted molar refractivity (Wildman–Crippen MR) is 89.4 cm³/mol. The molecule has 1 aliphatic rings. The molecule has 0 atom stereocenters. The lowest BCUT2D eigenvalue weighted by atomic mass is 9.99. The van der Waals surface area contributed by atoms with Crippen molar-refractivity contribution in [1.29, 1.82) is 0 Å². The molecule has 4 nitrogen and oxygen atoms in total. The van der Waals surface area contributed by atoms with Gasteiger partial charge in [0.05, 0.1) is 6.42 Å². The highest BCUT2D eigenvalue weighted by Crippen LogP contribution is 2.34. The number of hydrogen-bond acceptors (Lipinski definition) is 3. The van der Waals surface area contributed by atoms with Crippen LogP contribution in [0.1, 0.15) is 17.5 Å². The largest absolute Gasteiger partial charge is 0.489 e. The van der Waals surface area contributed by atoms with Gasteiger partial charge in [0.15, 0.2) is 0 Å². The van der Waals surface area contributed by atoms with Gasteiger partial charge in [-0.05, 0) is 29.3 Å². The van der Waals surface area contributed by atoms with Crippen molar-refractivity contribution in [2.24, 2.45) is 0 Å². The topological polar surface area (TPSA) is 47.6 Å². The minimum atomic E-state index is -0.00601. The fraction of sp³-hybridized carbons (Fsp3) is 0.211. The van der Waals surface area contributed by atoms with E-state index in [1.807, 2.05) is 54.6 Å². The molecule has 0 saturated heterocycles. The molecule has 4 heteroatoms. The smallest absolute Gasteiger partial charge is 0.224 e. The third-order valence-electron chi connectivity index (χ3n) is 3.75. The van der Waals surface area contributed by atoms with E-state index in [9.17, 15) is 4.79 Å². The lowest BCUT2D eigenvalue weighted by Gasteiger charge is -2.19. The molecule has 1 heterocycles. The maximum Gasteiger partial charge on any atom is 0.224 e. The molecule has 1 aliphatic heterocycles. The number of carbonyl (C=O) groups is 1. The summed E-state index contributed by atoms with van der Waals surface area (Å²) < 4.78 is 11.5. The van der Waals surface area contributed by atoms with E-state index in [0.29, 0.717) is 19.6 Å². The maximum atomic E-state index is 11.6. The Bertz CT molecular complexity index is 723. The van der Waals surface area contributed by atoms with Crippen molar-refractivity contribution in [3.63, 3.8) is 0 Å². The zero-order chi connectivity index (χ0) is 16.1. The molecular weight excluding hydrogens is 290 g/mol. The number of nitrogens with one attached hydrogen (secondary N) is 1. The Morgan fingerprint density at radius 3 is 2.83 bits per heavy atom. The average molecular weight is 309 g/mol. The predicted octanol–water partition coefficient (Wildman–Crippen LogP) is 3.18. The first-order chi connectivity index (χ1) is 11.3. The quantitative estimate of drug-likeness (QED) is 0.923. The second-order valence-corrected chi connectivity index (χ2v) is 5.32. The highest BCUT2D eigenvalue weighted by atomic mass is 16.5. The van der Waals surface area contributed by atoms with Crippen LogP contribution in [0, 0.1) is 0 Å². The second-order valence-electron chi connectivity index (χ2n) is 5.32. The van der Waals surface area contributed by atoms with Crippen LogP contribution in [0.3, 0.4) is 0 Å². The summed E-state index contributed by atoms with van der Waals surface area (Å²) in [6, 6.07) is 15.8. The van der Waals surface area contributed by atoms with Gasteiger partial charge in [-0.25, -0.2) is 0 Å². The van der Waals surface area contributed by atoms with Crippen LogP contribution in [0.5, 0.6) is 11.5 Å². The summed E-state index contributed by atoms with van der Waals surface area (Å²) in [4.78, 5) is 11.6. The van der Waals surface area contributed by atoms with Crippen LogP contribution >= 0.6 is 0 Å². The van der Waals surface area contributed by atoms with Crippen molar-refractivity contribution in [1.82, 2.24) is 5.32 Å². The van der Waals surface area contributed by atoms with Crippen LogP contribution in [-0.4, -0.2) is 19.6 Å². The third kappa shape index (κ3) is 3.72. The summed E-state index contributed by atoms with van der Waals surface area (Å²) in [5.74, 6) is 1.51. The van der Waals surface area contributed by atoms with Gasteiger partial charge in [0, 0.05) is 18.7 Å². The van der Waals surface area contributed by atoms with Gasteiger partial charge in [-0.15, -0.1) is 0 Å². The number of benzene rings is 2. The van der Waals surface area contributed by atoms with E-state index in [0.717, 1.165) is 28.2 Å². The van der Waals surface area contributed by atoms with E-state index in [4.69, 9.17) is 9.47 Å². The van der Waals surface area contributed by atoms with Crippen LogP contribution < -0.4 is 14.8 Å². The molecule has 1 amide bonds. The van der Waals surface area contributed by atoms with Crippen LogP contribution in [-0.2, 0) is 11.4 Å². The van der Waals surface area contributed by atoms with Crippen molar-refractivity contribution in [3.05, 3.63) is 65.7 Å². The molecule has 2 aromatic rings. The number of hydrogen-bond donors (Lipinski definition) is 1. The van der Waals surface area contributed by atoms with Gasteiger partial charge in [0.2, 0.25) is 5.91 Å². The Kier molecular flexibility index (Phi) is 4.62. The number of carbonyl (C=O) groups excluding carboxylic acids is 1. The fourth-order valence-electron chi connectivity index (χ4n) is 2.49.